The second kappa shape index (κ2) is 5.84. The fourth-order valence-electron chi connectivity index (χ4n) is 0.428. The van der Waals surface area contributed by atoms with Gasteiger partial charge in [-0.2, -0.15) is 0 Å². The Labute approximate surface area is 70.0 Å². The van der Waals surface area contributed by atoms with E-state index in [2.05, 4.69) is 0 Å². The molecule has 9 heavy (non-hydrogen) atoms. The molecule has 0 saturated carbocycles. The summed E-state index contributed by atoms with van der Waals surface area (Å²) in [5.41, 5.74) is 0. The van der Waals surface area contributed by atoms with Crippen molar-refractivity contribution in [1.82, 2.24) is 0 Å². The summed E-state index contributed by atoms with van der Waals surface area (Å²) >= 11 is 0. The Morgan fingerprint density at radius 1 is 1.00 bits per heavy atom. The maximum absolute atomic E-state index is 8.63. The molecule has 1 aromatic carbocycles. The van der Waals surface area contributed by atoms with E-state index >= 15 is 0 Å². The van der Waals surface area contributed by atoms with Crippen molar-refractivity contribution in [3.63, 3.8) is 0 Å². The molecule has 0 aromatic heterocycles. The minimum absolute atomic E-state index is 0. The average molecular weight is 293 g/mol. The van der Waals surface area contributed by atoms with E-state index in [9.17, 15) is 0 Å². The molecule has 0 amide bonds. The van der Waals surface area contributed by atoms with Crippen molar-refractivity contribution in [2.45, 2.75) is 0 Å². The normalized spacial score (nSPS) is 6.67. The molecule has 1 nitrogen and oxygen atoms in total. The predicted molar refractivity (Wildman–Crippen MR) is 34.5 cm³/mol. The molecule has 0 spiro atoms. The van der Waals surface area contributed by atoms with Crippen LogP contribution in [0.2, 0.25) is 0 Å². The molecule has 0 aliphatic heterocycles. The number of phenols is 1. The summed E-state index contributed by atoms with van der Waals surface area (Å²) in [6, 6.07) is 8.71. The zero-order valence-corrected chi connectivity index (χ0v) is 8.18. The first kappa shape index (κ1) is 11.5. The number of phenolic OH excluding ortho intramolecular Hbond substituents is 1. The summed E-state index contributed by atoms with van der Waals surface area (Å²) in [5.74, 6) is 0.322. The minimum atomic E-state index is 0. The summed E-state index contributed by atoms with van der Waals surface area (Å²) in [6.07, 6.45) is 0. The summed E-state index contributed by atoms with van der Waals surface area (Å²) in [7, 11) is 0. The molecular weight excluding hydrogens is 284 g/mol. The van der Waals surface area contributed by atoms with Gasteiger partial charge in [0, 0.05) is 21.1 Å². The van der Waals surface area contributed by atoms with Crippen molar-refractivity contribution in [3.8, 4) is 5.75 Å². The van der Waals surface area contributed by atoms with Crippen molar-refractivity contribution >= 4 is 0 Å². The van der Waals surface area contributed by atoms with Crippen LogP contribution in [-0.4, -0.2) is 5.11 Å². The molecule has 0 radical (unpaired) electrons. The van der Waals surface area contributed by atoms with Crippen LogP contribution >= 0.6 is 0 Å². The summed E-state index contributed by atoms with van der Waals surface area (Å²) in [6.45, 7) is 0. The minimum Gasteiger partial charge on any atom is -0.508 e. The monoisotopic (exact) mass is 293 g/mol. The van der Waals surface area contributed by atoms with E-state index in [0.29, 0.717) is 5.75 Å². The second-order valence-corrected chi connectivity index (χ2v) is 1.34. The van der Waals surface area contributed by atoms with Crippen LogP contribution in [0.1, 0.15) is 0 Å². The molecule has 0 aliphatic carbocycles. The van der Waals surface area contributed by atoms with Gasteiger partial charge in [0.2, 0.25) is 0 Å². The quantitative estimate of drug-likeness (QED) is 0.724. The Bertz CT molecular complexity index is 139. The number of rotatable bonds is 0. The van der Waals surface area contributed by atoms with Gasteiger partial charge in [-0.25, -0.2) is 0 Å². The first-order valence-corrected chi connectivity index (χ1v) is 2.13. The van der Waals surface area contributed by atoms with Crippen molar-refractivity contribution in [1.29, 1.82) is 0 Å². The molecule has 2 heteroatoms. The summed E-state index contributed by atoms with van der Waals surface area (Å²) in [4.78, 5) is 0. The van der Waals surface area contributed by atoms with Gasteiger partial charge in [-0.15, -0.1) is 0 Å². The van der Waals surface area contributed by atoms with Crippen LogP contribution < -0.4 is 0 Å². The van der Waals surface area contributed by atoms with Crippen LogP contribution in [0, 0.1) is 7.43 Å². The Kier molecular flexibility index (Phi) is 7.46. The van der Waals surface area contributed by atoms with Gasteiger partial charge in [-0.1, -0.05) is 18.2 Å². The van der Waals surface area contributed by atoms with Crippen molar-refractivity contribution in [2.75, 3.05) is 0 Å². The topological polar surface area (TPSA) is 20.2 Å². The maximum Gasteiger partial charge on any atom is 0.115 e. The summed E-state index contributed by atoms with van der Waals surface area (Å²) in [5, 5.41) is 8.63. The van der Waals surface area contributed by atoms with Gasteiger partial charge in [0.15, 0.2) is 0 Å². The molecule has 1 N–H and O–H groups in total. The zero-order valence-electron chi connectivity index (χ0n) is 5.24. The van der Waals surface area contributed by atoms with Gasteiger partial charge in [0.25, 0.3) is 0 Å². The molecule has 0 unspecified atom stereocenters. The first-order valence-electron chi connectivity index (χ1n) is 2.13. The van der Waals surface area contributed by atoms with Crippen molar-refractivity contribution < 1.29 is 26.2 Å². The molecule has 0 aliphatic rings. The fourth-order valence-corrected chi connectivity index (χ4v) is 0.428. The molecule has 0 bridgehead atoms. The molecule has 50 valence electrons. The Balaban J connectivity index is 0. The van der Waals surface area contributed by atoms with Crippen molar-refractivity contribution in [3.05, 3.63) is 37.8 Å². The Morgan fingerprint density at radius 3 is 1.67 bits per heavy atom. The average Bonchev–Trinajstić information content (AvgIpc) is 1.69. The van der Waals surface area contributed by atoms with Gasteiger partial charge in [0.05, 0.1) is 0 Å². The standard InChI is InChI=1S/C6H6O.CH3.W/c7-6-4-2-1-3-5-6;;/h1-5,7H;1H3;/q;-1;. The van der Waals surface area contributed by atoms with Crippen molar-refractivity contribution in [2.24, 2.45) is 0 Å². The van der Waals surface area contributed by atoms with E-state index < -0.39 is 0 Å². The van der Waals surface area contributed by atoms with Crippen LogP contribution in [0.25, 0.3) is 0 Å². The molecule has 0 fully saturated rings. The third-order valence-corrected chi connectivity index (χ3v) is 0.756. The van der Waals surface area contributed by atoms with E-state index in [-0.39, 0.29) is 28.5 Å². The first-order chi connectivity index (χ1) is 3.39. The van der Waals surface area contributed by atoms with Gasteiger partial charge in [-0.05, 0) is 12.1 Å². The van der Waals surface area contributed by atoms with Gasteiger partial charge < -0.3 is 12.5 Å². The van der Waals surface area contributed by atoms with Gasteiger partial charge in [-0.3, -0.25) is 0 Å². The van der Waals surface area contributed by atoms with Crippen LogP contribution in [0.5, 0.6) is 5.75 Å². The fraction of sp³-hybridized carbons (Fsp3) is 0. The maximum atomic E-state index is 8.63. The van der Waals surface area contributed by atoms with Gasteiger partial charge in [0.1, 0.15) is 5.75 Å². The van der Waals surface area contributed by atoms with Crippen LogP contribution in [0.15, 0.2) is 30.3 Å². The molecular formula is C7H9OW-. The number of benzene rings is 1. The SMILES string of the molecule is Oc1ccccc1.[CH3-].[W]. The second-order valence-electron chi connectivity index (χ2n) is 1.34. The molecule has 0 atom stereocenters. The molecule has 1 aromatic rings. The van der Waals surface area contributed by atoms with E-state index in [1.165, 1.54) is 0 Å². The number of hydrogen-bond acceptors (Lipinski definition) is 1. The van der Waals surface area contributed by atoms with E-state index in [0.717, 1.165) is 0 Å². The third-order valence-electron chi connectivity index (χ3n) is 0.756. The molecule has 0 heterocycles. The number of hydrogen-bond donors (Lipinski definition) is 1. The van der Waals surface area contributed by atoms with E-state index in [1.807, 2.05) is 6.07 Å². The number of para-hydroxylation sites is 1. The molecule has 1 rings (SSSR count). The van der Waals surface area contributed by atoms with E-state index in [1.54, 1.807) is 24.3 Å². The van der Waals surface area contributed by atoms with Crippen LogP contribution in [0.3, 0.4) is 0 Å². The zero-order chi connectivity index (χ0) is 5.11. The predicted octanol–water partition coefficient (Wildman–Crippen LogP) is 1.84. The summed E-state index contributed by atoms with van der Waals surface area (Å²) < 4.78 is 0. The Morgan fingerprint density at radius 2 is 1.44 bits per heavy atom. The number of aromatic hydroxyl groups is 1. The molecule has 0 saturated heterocycles. The largest absolute Gasteiger partial charge is 0.508 e. The smallest absolute Gasteiger partial charge is 0.115 e. The van der Waals surface area contributed by atoms with Crippen LogP contribution in [-0.2, 0) is 21.1 Å². The van der Waals surface area contributed by atoms with E-state index in [4.69, 9.17) is 5.11 Å². The Hall–Kier alpha value is -0.292. The van der Waals surface area contributed by atoms with Gasteiger partial charge >= 0.3 is 0 Å². The van der Waals surface area contributed by atoms with Crippen LogP contribution in [0.4, 0.5) is 0 Å². The third kappa shape index (κ3) is 4.23.